The first-order valence-electron chi connectivity index (χ1n) is 52.8. The highest BCUT2D eigenvalue weighted by molar-refractivity contribution is 6.04. The van der Waals surface area contributed by atoms with Crippen molar-refractivity contribution in [1.82, 2.24) is 59.8 Å². The molecule has 20 aromatic rings. The second kappa shape index (κ2) is 39.3. The minimum Gasteiger partial charge on any atom is -0.455 e. The van der Waals surface area contributed by atoms with Crippen molar-refractivity contribution in [2.24, 2.45) is 71.0 Å². The zero-order valence-electron chi connectivity index (χ0n) is 83.0. The van der Waals surface area contributed by atoms with Crippen LogP contribution in [0.5, 0.6) is 11.5 Å². The third kappa shape index (κ3) is 18.1. The SMILES string of the molecule is CC1C2CCC(CC2)C1Nc1nc(-c2c[nH]c3c(F)cc(F)cc23)nc2cc(-c3ccccc3)ccc12.C[C@@H]1C2CCC(CC2)[C@H]1Nc1nc(-c2c[nH]c3c(F)cc(F)cc23)nc2cc(-c3ccccc3)ccc12.C[C@H]1C2CCC(CC2)[C@@H]1Nc1nc(-c2c[nH]c3c(F)cc(F)cc23)nc2c(Oc3ccccc3)cccc12.C[C@H]1C2CCC(CC2)[C@@H]1Nc1nc(-c2c[nH]c3c(F)cc(F)cc23)nc2cc(-c3ccccc3)ccc12. The van der Waals surface area contributed by atoms with Crippen molar-refractivity contribution in [1.29, 1.82) is 0 Å². The fourth-order valence-electron chi connectivity index (χ4n) is 26.6. The summed E-state index contributed by atoms with van der Waals surface area (Å²) in [6.45, 7) is 9.41. The molecular formula is C124H112F8N16O. The van der Waals surface area contributed by atoms with Crippen LogP contribution in [0.1, 0.15) is 130 Å². The second-order valence-electron chi connectivity index (χ2n) is 42.8. The Morgan fingerprint density at radius 2 is 0.503 bits per heavy atom. The molecule has 8 aromatic heterocycles. The number of aromatic nitrogens is 12. The van der Waals surface area contributed by atoms with E-state index in [0.29, 0.717) is 156 Å². The van der Waals surface area contributed by atoms with Crippen LogP contribution in [0.15, 0.2) is 267 Å². The van der Waals surface area contributed by atoms with Gasteiger partial charge in [0.15, 0.2) is 29.0 Å². The number of halogens is 8. The Balaban J connectivity index is 0.000000103. The van der Waals surface area contributed by atoms with Gasteiger partial charge in [-0.25, -0.2) is 75.0 Å². The van der Waals surface area contributed by atoms with Crippen molar-refractivity contribution >= 4 is 110 Å². The molecule has 149 heavy (non-hydrogen) atoms. The summed E-state index contributed by atoms with van der Waals surface area (Å²) in [5, 5.41) is 20.7. The van der Waals surface area contributed by atoms with Gasteiger partial charge in [-0.2, -0.15) is 0 Å². The fraction of sp³-hybridized carbons (Fsp3) is 0.290. The van der Waals surface area contributed by atoms with Crippen molar-refractivity contribution in [2.45, 2.75) is 155 Å². The molecule has 8 bridgehead atoms. The Kier molecular flexibility index (Phi) is 25.0. The maximum atomic E-state index is 14.5. The summed E-state index contributed by atoms with van der Waals surface area (Å²) in [5.74, 6) is 8.79. The van der Waals surface area contributed by atoms with Crippen LogP contribution in [0.2, 0.25) is 0 Å². The number of aromatic amines is 4. The lowest BCUT2D eigenvalue weighted by atomic mass is 9.62. The zero-order valence-corrected chi connectivity index (χ0v) is 83.0. The molecule has 2 unspecified atom stereocenters. The second-order valence-corrected chi connectivity index (χ2v) is 42.8. The molecule has 12 aliphatic rings. The third-order valence-electron chi connectivity index (χ3n) is 34.6. The van der Waals surface area contributed by atoms with Crippen molar-refractivity contribution in [3.8, 4) is 90.4 Å². The number of rotatable bonds is 17. The van der Waals surface area contributed by atoms with Gasteiger partial charge in [0.25, 0.3) is 0 Å². The zero-order chi connectivity index (χ0) is 101. The van der Waals surface area contributed by atoms with Gasteiger partial charge in [-0.05, 0) is 292 Å². The lowest BCUT2D eigenvalue weighted by molar-refractivity contribution is 0.0929. The summed E-state index contributed by atoms with van der Waals surface area (Å²) < 4.78 is 121. The summed E-state index contributed by atoms with van der Waals surface area (Å²) in [6, 6.07) is 75.1. The number of para-hydroxylation sites is 2. The van der Waals surface area contributed by atoms with Crippen LogP contribution in [0.3, 0.4) is 0 Å². The van der Waals surface area contributed by atoms with Crippen LogP contribution in [-0.2, 0) is 0 Å². The smallest absolute Gasteiger partial charge is 0.164 e. The van der Waals surface area contributed by atoms with Crippen molar-refractivity contribution in [2.75, 3.05) is 21.3 Å². The summed E-state index contributed by atoms with van der Waals surface area (Å²) in [5.41, 5.74) is 12.8. The van der Waals surface area contributed by atoms with Crippen molar-refractivity contribution in [3.05, 3.63) is 314 Å². The van der Waals surface area contributed by atoms with E-state index < -0.39 is 46.5 Å². The average Bonchev–Trinajstić information content (AvgIpc) is 1.75. The Morgan fingerprint density at radius 3 is 0.785 bits per heavy atom. The molecule has 12 aliphatic carbocycles. The number of fused-ring (bicyclic) bond motifs is 20. The monoisotopic (exact) mass is 1990 g/mol. The molecule has 12 aromatic carbocycles. The van der Waals surface area contributed by atoms with Crippen LogP contribution < -0.4 is 26.0 Å². The Labute approximate surface area is 856 Å². The fourth-order valence-corrected chi connectivity index (χ4v) is 26.6. The van der Waals surface area contributed by atoms with Gasteiger partial charge in [-0.15, -0.1) is 0 Å². The summed E-state index contributed by atoms with van der Waals surface area (Å²) in [4.78, 5) is 51.4. The normalized spacial score (nSPS) is 23.0. The standard InChI is InChI=1S/C31H28F2N4O.3C31H28F2N4/c1-17-18-10-12-19(13-11-18)27(17)35-30-22-8-5-9-26(38-21-6-3-2-4-7-21)29(22)36-31(37-30)24-16-34-28-23(24)14-20(32)15-25(28)33;3*1-17-18-7-9-20(10-8-18)28(17)36-30-23-12-11-21(19-5-3-2-4-6-19)13-27(23)35-31(37-30)25-16-34-29-24(25)14-22(32)15-26(29)33/h2-9,14-19,27,34H,10-13H2,1H3,(H,35,36,37);3*2-6,11-18,20,28,34H,7-10H2,1H3,(H,35,36,37)/t17-,18?,19?,27+;2*17-,18?,20?,28+;/m010./s1. The number of nitrogens with zero attached hydrogens (tertiary/aromatic N) is 8. The van der Waals surface area contributed by atoms with E-state index in [4.69, 9.17) is 44.6 Å². The molecule has 0 amide bonds. The largest absolute Gasteiger partial charge is 0.455 e. The maximum absolute atomic E-state index is 14.5. The van der Waals surface area contributed by atoms with Gasteiger partial charge in [0.1, 0.15) is 81.1 Å². The van der Waals surface area contributed by atoms with Gasteiger partial charge in [0, 0.05) is 139 Å². The van der Waals surface area contributed by atoms with Crippen LogP contribution in [-0.4, -0.2) is 84.0 Å². The molecule has 0 aliphatic heterocycles. The molecule has 32 rings (SSSR count). The minimum absolute atomic E-state index is 0.228. The summed E-state index contributed by atoms with van der Waals surface area (Å²) in [6.07, 6.45) is 27.1. The number of benzene rings is 12. The van der Waals surface area contributed by atoms with Gasteiger partial charge < -0.3 is 45.9 Å². The predicted octanol–water partition coefficient (Wildman–Crippen LogP) is 32.0. The Morgan fingerprint density at radius 1 is 0.242 bits per heavy atom. The maximum Gasteiger partial charge on any atom is 0.164 e. The number of hydrogen-bond acceptors (Lipinski definition) is 13. The van der Waals surface area contributed by atoms with E-state index in [1.54, 1.807) is 24.8 Å². The van der Waals surface area contributed by atoms with Gasteiger partial charge in [-0.1, -0.05) is 161 Å². The molecular weight excluding hydrogens is 1880 g/mol. The molecule has 25 heteroatoms. The Bertz CT molecular complexity index is 7880. The number of hydrogen-bond donors (Lipinski definition) is 8. The first-order valence-corrected chi connectivity index (χ1v) is 52.8. The highest BCUT2D eigenvalue weighted by atomic mass is 19.2. The number of H-pyrrole nitrogens is 4. The van der Waals surface area contributed by atoms with Crippen LogP contribution in [0, 0.1) is 118 Å². The molecule has 12 fully saturated rings. The molecule has 8 atom stereocenters. The van der Waals surface area contributed by atoms with E-state index in [-0.39, 0.29) is 22.1 Å². The van der Waals surface area contributed by atoms with Gasteiger partial charge in [-0.3, -0.25) is 0 Å². The van der Waals surface area contributed by atoms with Gasteiger partial charge >= 0.3 is 0 Å². The molecule has 8 N–H and O–H groups in total. The van der Waals surface area contributed by atoms with E-state index in [1.807, 2.05) is 103 Å². The molecule has 0 spiro atoms. The number of anilines is 4. The molecule has 0 saturated heterocycles. The van der Waals surface area contributed by atoms with Crippen molar-refractivity contribution in [3.63, 3.8) is 0 Å². The summed E-state index contributed by atoms with van der Waals surface area (Å²) >= 11 is 0. The van der Waals surface area contributed by atoms with E-state index in [1.165, 1.54) is 127 Å². The first kappa shape index (κ1) is 94.6. The Hall–Kier alpha value is -15.4. The average molecular weight is 1990 g/mol. The molecule has 750 valence electrons. The van der Waals surface area contributed by atoms with Crippen LogP contribution in [0.4, 0.5) is 58.4 Å². The molecule has 0 radical (unpaired) electrons. The molecule has 12 saturated carbocycles. The molecule has 17 nitrogen and oxygen atoms in total. The topological polar surface area (TPSA) is 224 Å². The third-order valence-corrected chi connectivity index (χ3v) is 34.6. The molecule has 8 heterocycles. The van der Waals surface area contributed by atoms with Crippen molar-refractivity contribution < 1.29 is 39.9 Å². The summed E-state index contributed by atoms with van der Waals surface area (Å²) in [7, 11) is 0. The minimum atomic E-state index is -0.648. The lowest BCUT2D eigenvalue weighted by Crippen LogP contribution is -2.47. The van der Waals surface area contributed by atoms with E-state index in [2.05, 4.69) is 160 Å². The number of ether oxygens (including phenoxy) is 1. The quantitative estimate of drug-likeness (QED) is 0.0398. The highest BCUT2D eigenvalue weighted by Gasteiger charge is 2.46. The van der Waals surface area contributed by atoms with Gasteiger partial charge in [0.05, 0.1) is 38.6 Å². The first-order chi connectivity index (χ1) is 72.7. The van der Waals surface area contributed by atoms with E-state index in [0.717, 1.165) is 143 Å². The van der Waals surface area contributed by atoms with E-state index in [9.17, 15) is 35.1 Å². The predicted molar refractivity (Wildman–Crippen MR) is 578 cm³/mol. The highest BCUT2D eigenvalue weighted by Crippen LogP contribution is 2.53. The van der Waals surface area contributed by atoms with Gasteiger partial charge in [0.2, 0.25) is 0 Å². The van der Waals surface area contributed by atoms with E-state index >= 15 is 0 Å². The number of nitrogens with one attached hydrogen (secondary N) is 8. The van der Waals surface area contributed by atoms with Crippen LogP contribution >= 0.6 is 0 Å². The lowest BCUT2D eigenvalue weighted by Gasteiger charge is -2.47. The van der Waals surface area contributed by atoms with Crippen LogP contribution in [0.25, 0.3) is 166 Å².